The van der Waals surface area contributed by atoms with Crippen LogP contribution in [0.5, 0.6) is 0 Å². The highest BCUT2D eigenvalue weighted by Crippen LogP contribution is 2.21. The van der Waals surface area contributed by atoms with Crippen molar-refractivity contribution in [3.63, 3.8) is 0 Å². The Morgan fingerprint density at radius 1 is 1.13 bits per heavy atom. The minimum Gasteiger partial charge on any atom is -0.373 e. The van der Waals surface area contributed by atoms with E-state index in [-0.39, 0.29) is 0 Å². The second-order valence-electron chi connectivity index (χ2n) is 3.11. The van der Waals surface area contributed by atoms with Gasteiger partial charge in [0.25, 0.3) is 0 Å². The monoisotopic (exact) mass is 248 g/mol. The number of hydrogen-bond donors (Lipinski definition) is 0. The molecule has 0 aliphatic heterocycles. The van der Waals surface area contributed by atoms with E-state index in [0.717, 1.165) is 18.4 Å². The van der Waals surface area contributed by atoms with E-state index in [1.54, 1.807) is 0 Å². The van der Waals surface area contributed by atoms with E-state index >= 15 is 0 Å². The summed E-state index contributed by atoms with van der Waals surface area (Å²) in [4.78, 5) is 8.24. The molecule has 0 radical (unpaired) electrons. The minimum atomic E-state index is 0.358. The molecule has 0 aliphatic rings. The summed E-state index contributed by atoms with van der Waals surface area (Å²) in [5.74, 6) is 0.538. The van der Waals surface area contributed by atoms with Crippen LogP contribution in [0.15, 0.2) is 0 Å². The Labute approximate surface area is 99.8 Å². The van der Waals surface area contributed by atoms with Crippen LogP contribution in [0.4, 0.5) is 0 Å². The Hall–Kier alpha value is -0.380. The quantitative estimate of drug-likeness (QED) is 0.593. The van der Waals surface area contributed by atoms with Crippen molar-refractivity contribution in [3.05, 3.63) is 21.7 Å². The summed E-state index contributed by atoms with van der Waals surface area (Å²) in [5, 5.41) is 0.847. The van der Waals surface area contributed by atoms with E-state index in [1.165, 1.54) is 0 Å². The second kappa shape index (κ2) is 6.26. The summed E-state index contributed by atoms with van der Waals surface area (Å²) < 4.78 is 5.31. The van der Waals surface area contributed by atoms with Gasteiger partial charge in [-0.3, -0.25) is 0 Å². The first-order valence-electron chi connectivity index (χ1n) is 4.97. The highest BCUT2D eigenvalue weighted by atomic mass is 35.5. The molecule has 5 heteroatoms. The van der Waals surface area contributed by atoms with E-state index in [2.05, 4.69) is 9.97 Å². The van der Waals surface area contributed by atoms with Crippen molar-refractivity contribution < 1.29 is 4.74 Å². The zero-order chi connectivity index (χ0) is 11.3. The van der Waals surface area contributed by atoms with Gasteiger partial charge in [0.15, 0.2) is 5.82 Å². The molecule has 0 unspecified atom stereocenters. The topological polar surface area (TPSA) is 35.0 Å². The van der Waals surface area contributed by atoms with E-state index in [1.807, 2.05) is 13.8 Å². The molecular formula is C10H14Cl2N2O. The van der Waals surface area contributed by atoms with Gasteiger partial charge >= 0.3 is 0 Å². The normalized spacial score (nSPS) is 10.7. The van der Waals surface area contributed by atoms with Crippen molar-refractivity contribution in [1.29, 1.82) is 0 Å². The molecule has 1 rings (SSSR count). The van der Waals surface area contributed by atoms with Gasteiger partial charge in [-0.05, 0) is 12.8 Å². The van der Waals surface area contributed by atoms with Crippen molar-refractivity contribution >= 4 is 23.2 Å². The van der Waals surface area contributed by atoms with E-state index in [4.69, 9.17) is 27.9 Å². The molecule has 0 aliphatic carbocycles. The van der Waals surface area contributed by atoms with Crippen molar-refractivity contribution in [2.24, 2.45) is 0 Å². The van der Waals surface area contributed by atoms with Crippen LogP contribution in [-0.2, 0) is 17.8 Å². The van der Waals surface area contributed by atoms with Gasteiger partial charge in [0.2, 0.25) is 0 Å². The highest BCUT2D eigenvalue weighted by molar-refractivity contribution is 6.34. The van der Waals surface area contributed by atoms with Crippen LogP contribution >= 0.6 is 23.2 Å². The lowest BCUT2D eigenvalue weighted by Crippen LogP contribution is -2.03. The molecule has 0 saturated heterocycles. The van der Waals surface area contributed by atoms with Crippen molar-refractivity contribution in [2.45, 2.75) is 33.3 Å². The third-order valence-electron chi connectivity index (χ3n) is 1.89. The Morgan fingerprint density at radius 3 is 2.20 bits per heavy atom. The molecule has 84 valence electrons. The lowest BCUT2D eigenvalue weighted by molar-refractivity contribution is 0.116. The molecule has 0 bridgehead atoms. The van der Waals surface area contributed by atoms with Crippen molar-refractivity contribution in [1.82, 2.24) is 9.97 Å². The van der Waals surface area contributed by atoms with Crippen LogP contribution < -0.4 is 0 Å². The Bertz CT molecular complexity index is 308. The third kappa shape index (κ3) is 3.59. The smallest absolute Gasteiger partial charge is 0.157 e. The average molecular weight is 249 g/mol. The van der Waals surface area contributed by atoms with Gasteiger partial charge in [0.05, 0.1) is 0 Å². The zero-order valence-corrected chi connectivity index (χ0v) is 10.4. The Kier molecular flexibility index (Phi) is 5.29. The van der Waals surface area contributed by atoms with Crippen LogP contribution in [0.2, 0.25) is 10.3 Å². The molecular weight excluding hydrogens is 235 g/mol. The van der Waals surface area contributed by atoms with Gasteiger partial charge in [-0.2, -0.15) is 0 Å². The predicted octanol–water partition coefficient (Wildman–Crippen LogP) is 3.27. The minimum absolute atomic E-state index is 0.358. The van der Waals surface area contributed by atoms with Crippen LogP contribution in [0.3, 0.4) is 0 Å². The largest absolute Gasteiger partial charge is 0.373 e. The lowest BCUT2D eigenvalue weighted by atomic mass is 10.3. The van der Waals surface area contributed by atoms with Crippen LogP contribution in [0.25, 0.3) is 0 Å². The fraction of sp³-hybridized carbons (Fsp3) is 0.600. The summed E-state index contributed by atoms with van der Waals surface area (Å²) >= 11 is 11.9. The molecule has 1 aromatic heterocycles. The molecule has 0 aromatic carbocycles. The van der Waals surface area contributed by atoms with E-state index < -0.39 is 0 Å². The maximum atomic E-state index is 5.96. The molecule has 0 N–H and O–H groups in total. The fourth-order valence-corrected chi connectivity index (χ4v) is 1.83. The molecule has 0 spiro atoms. The van der Waals surface area contributed by atoms with Crippen LogP contribution in [0, 0.1) is 0 Å². The molecule has 0 fully saturated rings. The van der Waals surface area contributed by atoms with Crippen LogP contribution in [0.1, 0.15) is 31.7 Å². The van der Waals surface area contributed by atoms with E-state index in [9.17, 15) is 0 Å². The first-order chi connectivity index (χ1) is 7.19. The SMILES string of the molecule is CCCOCc1nc(Cl)c(CC)c(Cl)n1. The molecule has 1 aromatic rings. The summed E-state index contributed by atoms with van der Waals surface area (Å²) in [6.07, 6.45) is 1.70. The molecule has 0 amide bonds. The maximum absolute atomic E-state index is 5.96. The van der Waals surface area contributed by atoms with E-state index in [0.29, 0.717) is 29.3 Å². The number of ether oxygens (including phenoxy) is 1. The van der Waals surface area contributed by atoms with Crippen molar-refractivity contribution in [3.8, 4) is 0 Å². The standard InChI is InChI=1S/C10H14Cl2N2O/c1-3-5-15-6-8-13-9(11)7(4-2)10(12)14-8/h3-6H2,1-2H3. The lowest BCUT2D eigenvalue weighted by Gasteiger charge is -2.06. The second-order valence-corrected chi connectivity index (χ2v) is 3.82. The van der Waals surface area contributed by atoms with Gasteiger partial charge < -0.3 is 4.74 Å². The zero-order valence-electron chi connectivity index (χ0n) is 8.89. The number of aromatic nitrogens is 2. The molecule has 0 atom stereocenters. The van der Waals surface area contributed by atoms with Gasteiger partial charge in [-0.15, -0.1) is 0 Å². The summed E-state index contributed by atoms with van der Waals surface area (Å²) in [6, 6.07) is 0. The van der Waals surface area contributed by atoms with Gasteiger partial charge in [0, 0.05) is 12.2 Å². The molecule has 0 saturated carbocycles. The average Bonchev–Trinajstić information content (AvgIpc) is 2.18. The van der Waals surface area contributed by atoms with Gasteiger partial charge in [0.1, 0.15) is 16.9 Å². The van der Waals surface area contributed by atoms with Gasteiger partial charge in [-0.1, -0.05) is 37.0 Å². The number of rotatable bonds is 5. The molecule has 15 heavy (non-hydrogen) atoms. The third-order valence-corrected chi connectivity index (χ3v) is 2.51. The Balaban J connectivity index is 2.75. The summed E-state index contributed by atoms with van der Waals surface area (Å²) in [6.45, 7) is 5.05. The number of halogens is 2. The van der Waals surface area contributed by atoms with Gasteiger partial charge in [-0.25, -0.2) is 9.97 Å². The summed E-state index contributed by atoms with van der Waals surface area (Å²) in [7, 11) is 0. The first-order valence-corrected chi connectivity index (χ1v) is 5.73. The number of hydrogen-bond acceptors (Lipinski definition) is 3. The predicted molar refractivity (Wildman–Crippen MR) is 61.4 cm³/mol. The Morgan fingerprint density at radius 2 is 1.73 bits per heavy atom. The molecule has 1 heterocycles. The molecule has 3 nitrogen and oxygen atoms in total. The fourth-order valence-electron chi connectivity index (χ4n) is 1.14. The first kappa shape index (κ1) is 12.7. The number of nitrogens with zero attached hydrogens (tertiary/aromatic N) is 2. The maximum Gasteiger partial charge on any atom is 0.157 e. The highest BCUT2D eigenvalue weighted by Gasteiger charge is 2.09. The summed E-state index contributed by atoms with van der Waals surface area (Å²) in [5.41, 5.74) is 0.789. The van der Waals surface area contributed by atoms with Crippen molar-refractivity contribution in [2.75, 3.05) is 6.61 Å². The van der Waals surface area contributed by atoms with Crippen LogP contribution in [-0.4, -0.2) is 16.6 Å².